The SMILES string of the molecule is CCCc1c(C(=O)OCC)nnc2c(-c3cccc(Cl)c3)c(C)nn12. The molecule has 25 heavy (non-hydrogen) atoms. The highest BCUT2D eigenvalue weighted by Gasteiger charge is 2.22. The summed E-state index contributed by atoms with van der Waals surface area (Å²) < 4.78 is 6.80. The molecule has 0 unspecified atom stereocenters. The molecular weight excluding hydrogens is 340 g/mol. The second-order valence-electron chi connectivity index (χ2n) is 5.67. The highest BCUT2D eigenvalue weighted by molar-refractivity contribution is 6.30. The lowest BCUT2D eigenvalue weighted by molar-refractivity contribution is 0.0515. The van der Waals surface area contributed by atoms with Crippen molar-refractivity contribution >= 4 is 23.2 Å². The Morgan fingerprint density at radius 1 is 1.28 bits per heavy atom. The molecule has 7 heteroatoms. The maximum absolute atomic E-state index is 12.2. The molecule has 6 nitrogen and oxygen atoms in total. The Balaban J connectivity index is 2.24. The van der Waals surface area contributed by atoms with Crippen molar-refractivity contribution in [2.75, 3.05) is 6.61 Å². The average molecular weight is 359 g/mol. The molecular formula is C18H19ClN4O2. The zero-order chi connectivity index (χ0) is 18.0. The van der Waals surface area contributed by atoms with Gasteiger partial charge in [-0.1, -0.05) is 37.1 Å². The number of aryl methyl sites for hydroxylation is 2. The van der Waals surface area contributed by atoms with Crippen LogP contribution in [-0.4, -0.2) is 32.4 Å². The van der Waals surface area contributed by atoms with Gasteiger partial charge in [-0.3, -0.25) is 0 Å². The predicted molar refractivity (Wildman–Crippen MR) is 95.9 cm³/mol. The van der Waals surface area contributed by atoms with Crippen molar-refractivity contribution < 1.29 is 9.53 Å². The van der Waals surface area contributed by atoms with E-state index in [1.165, 1.54) is 0 Å². The first-order valence-electron chi connectivity index (χ1n) is 8.24. The van der Waals surface area contributed by atoms with Gasteiger partial charge >= 0.3 is 5.97 Å². The lowest BCUT2D eigenvalue weighted by Gasteiger charge is -2.08. The van der Waals surface area contributed by atoms with E-state index in [9.17, 15) is 4.79 Å². The normalized spacial score (nSPS) is 11.0. The van der Waals surface area contributed by atoms with Crippen LogP contribution in [0, 0.1) is 6.92 Å². The highest BCUT2D eigenvalue weighted by Crippen LogP contribution is 2.29. The first-order chi connectivity index (χ1) is 12.1. The van der Waals surface area contributed by atoms with Crippen molar-refractivity contribution in [3.8, 4) is 11.1 Å². The third-order valence-corrected chi connectivity index (χ3v) is 4.11. The Labute approximate surface area is 150 Å². The van der Waals surface area contributed by atoms with E-state index >= 15 is 0 Å². The van der Waals surface area contributed by atoms with Gasteiger partial charge in [0.25, 0.3) is 0 Å². The van der Waals surface area contributed by atoms with Crippen LogP contribution in [0.15, 0.2) is 24.3 Å². The lowest BCUT2D eigenvalue weighted by Crippen LogP contribution is -2.16. The smallest absolute Gasteiger partial charge is 0.360 e. The number of hydrogen-bond acceptors (Lipinski definition) is 5. The van der Waals surface area contributed by atoms with Crippen LogP contribution in [0.2, 0.25) is 5.02 Å². The number of rotatable bonds is 5. The zero-order valence-electron chi connectivity index (χ0n) is 14.4. The molecule has 0 saturated carbocycles. The van der Waals surface area contributed by atoms with Gasteiger partial charge in [-0.25, -0.2) is 9.31 Å². The van der Waals surface area contributed by atoms with E-state index in [1.807, 2.05) is 38.1 Å². The van der Waals surface area contributed by atoms with Gasteiger partial charge in [0, 0.05) is 5.02 Å². The van der Waals surface area contributed by atoms with E-state index in [0.717, 1.165) is 23.2 Å². The van der Waals surface area contributed by atoms with Gasteiger partial charge in [0.1, 0.15) is 0 Å². The van der Waals surface area contributed by atoms with Gasteiger partial charge in [0.2, 0.25) is 0 Å². The quantitative estimate of drug-likeness (QED) is 0.647. The second kappa shape index (κ2) is 7.19. The number of halogens is 1. The molecule has 0 bridgehead atoms. The lowest BCUT2D eigenvalue weighted by atomic mass is 10.1. The van der Waals surface area contributed by atoms with E-state index < -0.39 is 5.97 Å². The summed E-state index contributed by atoms with van der Waals surface area (Å²) in [6.45, 7) is 5.99. The van der Waals surface area contributed by atoms with Crippen molar-refractivity contribution in [1.29, 1.82) is 0 Å². The predicted octanol–water partition coefficient (Wildman–Crippen LogP) is 3.88. The van der Waals surface area contributed by atoms with Crippen LogP contribution in [-0.2, 0) is 11.2 Å². The van der Waals surface area contributed by atoms with Crippen molar-refractivity contribution in [3.05, 3.63) is 46.4 Å². The number of hydrogen-bond donors (Lipinski definition) is 0. The topological polar surface area (TPSA) is 69.4 Å². The minimum atomic E-state index is -0.474. The summed E-state index contributed by atoms with van der Waals surface area (Å²) >= 11 is 6.12. The molecule has 130 valence electrons. The number of ether oxygens (including phenoxy) is 1. The van der Waals surface area contributed by atoms with Crippen molar-refractivity contribution in [2.45, 2.75) is 33.6 Å². The fourth-order valence-corrected chi connectivity index (χ4v) is 3.04. The first-order valence-corrected chi connectivity index (χ1v) is 8.62. The van der Waals surface area contributed by atoms with Crippen LogP contribution < -0.4 is 0 Å². The molecule has 0 fully saturated rings. The van der Waals surface area contributed by atoms with E-state index in [4.69, 9.17) is 16.3 Å². The van der Waals surface area contributed by atoms with E-state index in [1.54, 1.807) is 11.4 Å². The standard InChI is InChI=1S/C18H19ClN4O2/c1-4-7-14-16(18(24)25-5-2)20-21-17-15(11(3)22-23(14)17)12-8-6-9-13(19)10-12/h6,8-10H,4-5,7H2,1-3H3. The van der Waals surface area contributed by atoms with Crippen molar-refractivity contribution in [2.24, 2.45) is 0 Å². The summed E-state index contributed by atoms with van der Waals surface area (Å²) in [5.41, 5.74) is 4.12. The summed E-state index contributed by atoms with van der Waals surface area (Å²) in [5, 5.41) is 13.7. The third kappa shape index (κ3) is 3.22. The molecule has 3 aromatic rings. The number of carbonyl (C=O) groups is 1. The molecule has 0 saturated heterocycles. The van der Waals surface area contributed by atoms with Crippen LogP contribution in [0.5, 0.6) is 0 Å². The molecule has 2 aromatic heterocycles. The molecule has 2 heterocycles. The molecule has 0 radical (unpaired) electrons. The fourth-order valence-electron chi connectivity index (χ4n) is 2.85. The Kier molecular flexibility index (Phi) is 4.99. The minimum absolute atomic E-state index is 0.219. The summed E-state index contributed by atoms with van der Waals surface area (Å²) in [7, 11) is 0. The summed E-state index contributed by atoms with van der Waals surface area (Å²) in [6, 6.07) is 7.52. The number of nitrogens with zero attached hydrogens (tertiary/aromatic N) is 4. The summed E-state index contributed by atoms with van der Waals surface area (Å²) in [5.74, 6) is -0.474. The van der Waals surface area contributed by atoms with Gasteiger partial charge in [0.15, 0.2) is 11.3 Å². The largest absolute Gasteiger partial charge is 0.461 e. The molecule has 3 rings (SSSR count). The van der Waals surface area contributed by atoms with E-state index in [2.05, 4.69) is 15.3 Å². The van der Waals surface area contributed by atoms with E-state index in [-0.39, 0.29) is 12.3 Å². The van der Waals surface area contributed by atoms with Gasteiger partial charge in [-0.05, 0) is 38.0 Å². The zero-order valence-corrected chi connectivity index (χ0v) is 15.2. The minimum Gasteiger partial charge on any atom is -0.461 e. The number of fused-ring (bicyclic) bond motifs is 1. The molecule has 0 aliphatic heterocycles. The monoisotopic (exact) mass is 358 g/mol. The molecule has 0 aliphatic carbocycles. The summed E-state index contributed by atoms with van der Waals surface area (Å²) in [6.07, 6.45) is 1.49. The van der Waals surface area contributed by atoms with Crippen LogP contribution >= 0.6 is 11.6 Å². The number of esters is 1. The molecule has 0 aliphatic rings. The maximum atomic E-state index is 12.2. The van der Waals surface area contributed by atoms with Gasteiger partial charge in [-0.15, -0.1) is 10.2 Å². The molecule has 0 spiro atoms. The van der Waals surface area contributed by atoms with Gasteiger partial charge < -0.3 is 4.74 Å². The second-order valence-corrected chi connectivity index (χ2v) is 6.11. The molecule has 0 N–H and O–H groups in total. The van der Waals surface area contributed by atoms with Gasteiger partial charge in [0.05, 0.1) is 23.6 Å². The summed E-state index contributed by atoms with van der Waals surface area (Å²) in [4.78, 5) is 12.2. The maximum Gasteiger partial charge on any atom is 0.360 e. The van der Waals surface area contributed by atoms with Crippen molar-refractivity contribution in [1.82, 2.24) is 19.8 Å². The van der Waals surface area contributed by atoms with Crippen LogP contribution in [0.4, 0.5) is 0 Å². The molecule has 0 atom stereocenters. The number of aromatic nitrogens is 4. The Hall–Kier alpha value is -2.47. The third-order valence-electron chi connectivity index (χ3n) is 3.88. The van der Waals surface area contributed by atoms with Gasteiger partial charge in [-0.2, -0.15) is 5.10 Å². The Morgan fingerprint density at radius 3 is 2.76 bits per heavy atom. The van der Waals surface area contributed by atoms with Crippen LogP contribution in [0.1, 0.15) is 42.1 Å². The molecule has 1 aromatic carbocycles. The van der Waals surface area contributed by atoms with Crippen LogP contribution in [0.3, 0.4) is 0 Å². The highest BCUT2D eigenvalue weighted by atomic mass is 35.5. The number of benzene rings is 1. The Morgan fingerprint density at radius 2 is 2.08 bits per heavy atom. The molecule has 0 amide bonds. The van der Waals surface area contributed by atoms with Crippen LogP contribution in [0.25, 0.3) is 16.8 Å². The fraction of sp³-hybridized carbons (Fsp3) is 0.333. The van der Waals surface area contributed by atoms with Crippen molar-refractivity contribution in [3.63, 3.8) is 0 Å². The average Bonchev–Trinajstić information content (AvgIpc) is 2.92. The Bertz CT molecular complexity index is 936. The first kappa shape index (κ1) is 17.4. The van der Waals surface area contributed by atoms with E-state index in [0.29, 0.717) is 22.8 Å². The number of carbonyl (C=O) groups excluding carboxylic acids is 1.